The lowest BCUT2D eigenvalue weighted by Crippen LogP contribution is -2.14. The van der Waals surface area contributed by atoms with Crippen molar-refractivity contribution in [3.05, 3.63) is 23.4 Å². The minimum Gasteiger partial charge on any atom is -0.430 e. The zero-order chi connectivity index (χ0) is 17.7. The van der Waals surface area contributed by atoms with Crippen molar-refractivity contribution in [3.8, 4) is 0 Å². The first kappa shape index (κ1) is 18.9. The summed E-state index contributed by atoms with van der Waals surface area (Å²) in [7, 11) is 0. The van der Waals surface area contributed by atoms with Gasteiger partial charge in [-0.1, -0.05) is 37.7 Å². The summed E-state index contributed by atoms with van der Waals surface area (Å²) in [5.74, 6) is -0.222. The fraction of sp³-hybridized carbons (Fsp3) is 0.625. The molecule has 1 saturated carbocycles. The molecule has 1 heterocycles. The number of halogens is 3. The second kappa shape index (κ2) is 8.09. The van der Waals surface area contributed by atoms with Gasteiger partial charge in [0.25, 0.3) is 5.22 Å². The van der Waals surface area contributed by atoms with Gasteiger partial charge in [0.15, 0.2) is 11.6 Å². The zero-order valence-corrected chi connectivity index (χ0v) is 14.8. The van der Waals surface area contributed by atoms with E-state index in [0.717, 1.165) is 11.8 Å². The van der Waals surface area contributed by atoms with Crippen molar-refractivity contribution >= 4 is 18.0 Å². The van der Waals surface area contributed by atoms with Gasteiger partial charge in [0, 0.05) is 17.6 Å². The van der Waals surface area contributed by atoms with Crippen LogP contribution >= 0.6 is 11.8 Å². The highest BCUT2D eigenvalue weighted by molar-refractivity contribution is 7.99. The van der Waals surface area contributed by atoms with Gasteiger partial charge in [-0.15, -0.1) is 0 Å². The predicted octanol–water partition coefficient (Wildman–Crippen LogP) is 5.29. The molecule has 0 amide bonds. The van der Waals surface area contributed by atoms with E-state index in [1.165, 1.54) is 19.1 Å². The summed E-state index contributed by atoms with van der Waals surface area (Å²) in [6.07, 6.45) is 1.18. The quantitative estimate of drug-likeness (QED) is 0.358. The molecule has 8 heteroatoms. The molecular formula is C16H21F3N2O2S. The molecule has 0 bridgehead atoms. The van der Waals surface area contributed by atoms with Crippen LogP contribution in [0.25, 0.3) is 0 Å². The Labute approximate surface area is 143 Å². The van der Waals surface area contributed by atoms with Gasteiger partial charge in [-0.3, -0.25) is 0 Å². The number of hydrogen-bond acceptors (Lipinski definition) is 5. The molecular weight excluding hydrogens is 341 g/mol. The minimum atomic E-state index is -2.28. The first-order valence-corrected chi connectivity index (χ1v) is 8.75. The normalized spacial score (nSPS) is 15.1. The molecule has 134 valence electrons. The van der Waals surface area contributed by atoms with Crippen molar-refractivity contribution < 1.29 is 22.4 Å². The monoisotopic (exact) mass is 362 g/mol. The number of thioether (sulfide) groups is 1. The maximum Gasteiger partial charge on any atom is 0.301 e. The number of oxazole rings is 1. The van der Waals surface area contributed by atoms with Gasteiger partial charge in [-0.2, -0.15) is 8.78 Å². The molecule has 1 aliphatic carbocycles. The fourth-order valence-electron chi connectivity index (χ4n) is 1.84. The lowest BCUT2D eigenvalue weighted by Gasteiger charge is -2.14. The Hall–Kier alpha value is -1.44. The summed E-state index contributed by atoms with van der Waals surface area (Å²) >= 11 is 1.08. The molecule has 2 rings (SSSR count). The largest absolute Gasteiger partial charge is 0.430 e. The Balaban J connectivity index is 1.99. The van der Waals surface area contributed by atoms with Gasteiger partial charge >= 0.3 is 6.08 Å². The Kier molecular flexibility index (Phi) is 6.37. The van der Waals surface area contributed by atoms with E-state index in [1.54, 1.807) is 0 Å². The average molecular weight is 362 g/mol. The van der Waals surface area contributed by atoms with Gasteiger partial charge in [-0.25, -0.2) is 9.37 Å². The van der Waals surface area contributed by atoms with Crippen molar-refractivity contribution in [2.24, 2.45) is 11.1 Å². The molecule has 0 saturated heterocycles. The third kappa shape index (κ3) is 5.89. The van der Waals surface area contributed by atoms with Crippen LogP contribution in [0.15, 0.2) is 26.7 Å². The van der Waals surface area contributed by atoms with Crippen LogP contribution in [0.4, 0.5) is 13.2 Å². The highest BCUT2D eigenvalue weighted by Crippen LogP contribution is 2.31. The molecule has 1 aromatic heterocycles. The fourth-order valence-corrected chi connectivity index (χ4v) is 2.60. The van der Waals surface area contributed by atoms with Crippen LogP contribution in [-0.4, -0.2) is 23.6 Å². The van der Waals surface area contributed by atoms with Crippen LogP contribution in [0, 0.1) is 5.92 Å². The topological polar surface area (TPSA) is 47.6 Å². The molecule has 1 aliphatic rings. The van der Waals surface area contributed by atoms with Crippen molar-refractivity contribution in [1.82, 2.24) is 4.98 Å². The Morgan fingerprint density at radius 1 is 1.38 bits per heavy atom. The maximum absolute atomic E-state index is 12.8. The summed E-state index contributed by atoms with van der Waals surface area (Å²) in [6, 6.07) is 0. The first-order chi connectivity index (χ1) is 11.3. The molecule has 0 N–H and O–H groups in total. The van der Waals surface area contributed by atoms with Crippen LogP contribution in [0.1, 0.15) is 51.5 Å². The van der Waals surface area contributed by atoms with E-state index in [1.807, 2.05) is 20.8 Å². The summed E-state index contributed by atoms with van der Waals surface area (Å²) in [5, 5.41) is 4.21. The Bertz CT molecular complexity index is 615. The number of hydrogen-bond donors (Lipinski definition) is 0. The van der Waals surface area contributed by atoms with Crippen LogP contribution < -0.4 is 0 Å². The highest BCUT2D eigenvalue weighted by atomic mass is 32.2. The SMILES string of the molecule is CC(C)(C)c1nc(SCCC(F)=C(F)F)oc1C=NOCC1CC1. The summed E-state index contributed by atoms with van der Waals surface area (Å²) in [6.45, 7) is 6.52. The Morgan fingerprint density at radius 2 is 2.08 bits per heavy atom. The molecule has 0 spiro atoms. The maximum atomic E-state index is 12.8. The second-order valence-corrected chi connectivity index (χ2v) is 7.73. The van der Waals surface area contributed by atoms with E-state index >= 15 is 0 Å². The number of oxime groups is 1. The van der Waals surface area contributed by atoms with Gasteiger partial charge in [0.2, 0.25) is 0 Å². The molecule has 1 fully saturated rings. The van der Waals surface area contributed by atoms with E-state index in [0.29, 0.717) is 29.2 Å². The highest BCUT2D eigenvalue weighted by Gasteiger charge is 2.25. The molecule has 0 radical (unpaired) electrons. The number of aromatic nitrogens is 1. The van der Waals surface area contributed by atoms with Crippen molar-refractivity contribution in [1.29, 1.82) is 0 Å². The van der Waals surface area contributed by atoms with Gasteiger partial charge in [0.05, 0.1) is 5.69 Å². The minimum absolute atomic E-state index is 0.113. The lowest BCUT2D eigenvalue weighted by molar-refractivity contribution is 0.135. The van der Waals surface area contributed by atoms with Crippen molar-refractivity contribution in [3.63, 3.8) is 0 Å². The molecule has 0 aliphatic heterocycles. The van der Waals surface area contributed by atoms with Crippen LogP contribution in [0.2, 0.25) is 0 Å². The third-order valence-corrected chi connectivity index (χ3v) is 4.18. The molecule has 0 aromatic carbocycles. The van der Waals surface area contributed by atoms with E-state index in [-0.39, 0.29) is 17.6 Å². The van der Waals surface area contributed by atoms with Crippen LogP contribution in [0.3, 0.4) is 0 Å². The van der Waals surface area contributed by atoms with E-state index in [9.17, 15) is 13.2 Å². The second-order valence-electron chi connectivity index (χ2n) is 6.68. The molecule has 0 unspecified atom stereocenters. The third-order valence-electron chi connectivity index (χ3n) is 3.35. The van der Waals surface area contributed by atoms with Gasteiger partial charge in [-0.05, 0) is 18.8 Å². The van der Waals surface area contributed by atoms with E-state index in [4.69, 9.17) is 9.25 Å². The zero-order valence-electron chi connectivity index (χ0n) is 13.9. The molecule has 1 aromatic rings. The van der Waals surface area contributed by atoms with Crippen molar-refractivity contribution in [2.45, 2.75) is 50.7 Å². The summed E-state index contributed by atoms with van der Waals surface area (Å²) in [4.78, 5) is 9.59. The standard InChI is InChI=1S/C16H21F3N2O2S/c1-16(2,3)13-12(8-20-22-9-10-4-5-10)23-15(21-13)24-7-6-11(17)14(18)19/h8,10H,4-7,9H2,1-3H3. The van der Waals surface area contributed by atoms with Crippen LogP contribution in [-0.2, 0) is 10.3 Å². The number of nitrogens with zero attached hydrogens (tertiary/aromatic N) is 2. The summed E-state index contributed by atoms with van der Waals surface area (Å²) in [5.41, 5.74) is 0.410. The number of allylic oxidation sites excluding steroid dienone is 1. The lowest BCUT2D eigenvalue weighted by atomic mass is 9.91. The van der Waals surface area contributed by atoms with Gasteiger partial charge in [0.1, 0.15) is 12.8 Å². The smallest absolute Gasteiger partial charge is 0.301 e. The average Bonchev–Trinajstić information content (AvgIpc) is 3.21. The van der Waals surface area contributed by atoms with Crippen LogP contribution in [0.5, 0.6) is 0 Å². The number of rotatable bonds is 8. The molecule has 24 heavy (non-hydrogen) atoms. The van der Waals surface area contributed by atoms with Crippen molar-refractivity contribution in [2.75, 3.05) is 12.4 Å². The van der Waals surface area contributed by atoms with Gasteiger partial charge < -0.3 is 9.25 Å². The first-order valence-electron chi connectivity index (χ1n) is 7.76. The summed E-state index contributed by atoms with van der Waals surface area (Å²) < 4.78 is 42.5. The molecule has 4 nitrogen and oxygen atoms in total. The van der Waals surface area contributed by atoms with E-state index < -0.39 is 11.9 Å². The van der Waals surface area contributed by atoms with E-state index in [2.05, 4.69) is 10.1 Å². The Morgan fingerprint density at radius 3 is 2.67 bits per heavy atom. The molecule has 0 atom stereocenters. The predicted molar refractivity (Wildman–Crippen MR) is 87.2 cm³/mol.